The van der Waals surface area contributed by atoms with Crippen LogP contribution in [0.1, 0.15) is 24.8 Å². The molecule has 0 amide bonds. The minimum Gasteiger partial charge on any atom is -0.491 e. The predicted molar refractivity (Wildman–Crippen MR) is 73.3 cm³/mol. The molecule has 19 heavy (non-hydrogen) atoms. The van der Waals surface area contributed by atoms with Gasteiger partial charge in [0.05, 0.1) is 6.61 Å². The van der Waals surface area contributed by atoms with Gasteiger partial charge >= 0.3 is 0 Å². The van der Waals surface area contributed by atoms with Crippen molar-refractivity contribution in [3.8, 4) is 5.75 Å². The first-order chi connectivity index (χ1) is 9.26. The van der Waals surface area contributed by atoms with Gasteiger partial charge in [0.25, 0.3) is 0 Å². The molecule has 1 aliphatic rings. The van der Waals surface area contributed by atoms with Crippen LogP contribution in [0.4, 0.5) is 4.39 Å². The Kier molecular flexibility index (Phi) is 5.16. The highest BCUT2D eigenvalue weighted by Gasteiger charge is 2.35. The standard InChI is InChI=1S/C15H22FNO2/c1-18-11-12-19-14-6-3-2-5-13(14)15(16)7-4-9-17-10-8-15/h2-3,5-6,17H,4,7-12H2,1H3. The molecule has 1 heterocycles. The fourth-order valence-corrected chi connectivity index (χ4v) is 2.50. The van der Waals surface area contributed by atoms with Crippen molar-refractivity contribution in [2.24, 2.45) is 0 Å². The van der Waals surface area contributed by atoms with Crippen molar-refractivity contribution in [2.75, 3.05) is 33.4 Å². The number of halogens is 1. The number of rotatable bonds is 5. The van der Waals surface area contributed by atoms with Crippen LogP contribution >= 0.6 is 0 Å². The van der Waals surface area contributed by atoms with Crippen LogP contribution < -0.4 is 10.1 Å². The summed E-state index contributed by atoms with van der Waals surface area (Å²) in [6, 6.07) is 7.43. The SMILES string of the molecule is COCCOc1ccccc1C1(F)CCCNCC1. The van der Waals surface area contributed by atoms with Gasteiger partial charge in [-0.1, -0.05) is 18.2 Å². The number of hydrogen-bond donors (Lipinski definition) is 1. The summed E-state index contributed by atoms with van der Waals surface area (Å²) >= 11 is 0. The van der Waals surface area contributed by atoms with E-state index in [4.69, 9.17) is 9.47 Å². The van der Waals surface area contributed by atoms with Crippen molar-refractivity contribution in [2.45, 2.75) is 24.9 Å². The molecule has 0 aromatic heterocycles. The zero-order valence-electron chi connectivity index (χ0n) is 11.5. The van der Waals surface area contributed by atoms with Crippen LogP contribution in [0.15, 0.2) is 24.3 Å². The molecule has 0 spiro atoms. The van der Waals surface area contributed by atoms with Gasteiger partial charge in [-0.2, -0.15) is 0 Å². The number of benzene rings is 1. The molecule has 3 nitrogen and oxygen atoms in total. The fourth-order valence-electron chi connectivity index (χ4n) is 2.50. The first kappa shape index (κ1) is 14.3. The van der Waals surface area contributed by atoms with E-state index >= 15 is 4.39 Å². The van der Waals surface area contributed by atoms with Crippen LogP contribution in [-0.4, -0.2) is 33.4 Å². The minimum atomic E-state index is -1.28. The minimum absolute atomic E-state index is 0.446. The zero-order valence-corrected chi connectivity index (χ0v) is 11.5. The summed E-state index contributed by atoms with van der Waals surface area (Å²) < 4.78 is 25.8. The Morgan fingerprint density at radius 2 is 2.05 bits per heavy atom. The van der Waals surface area contributed by atoms with Gasteiger partial charge in [0.15, 0.2) is 0 Å². The first-order valence-electron chi connectivity index (χ1n) is 6.87. The molecule has 1 fully saturated rings. The lowest BCUT2D eigenvalue weighted by atomic mass is 9.88. The summed E-state index contributed by atoms with van der Waals surface area (Å²) in [6.45, 7) is 2.55. The lowest BCUT2D eigenvalue weighted by molar-refractivity contribution is 0.124. The van der Waals surface area contributed by atoms with E-state index in [-0.39, 0.29) is 0 Å². The molecule has 1 atom stereocenters. The second kappa shape index (κ2) is 6.87. The van der Waals surface area contributed by atoms with E-state index in [1.165, 1.54) is 0 Å². The van der Waals surface area contributed by atoms with Crippen LogP contribution in [0.3, 0.4) is 0 Å². The number of methoxy groups -OCH3 is 1. The van der Waals surface area contributed by atoms with Crippen LogP contribution in [0, 0.1) is 0 Å². The van der Waals surface area contributed by atoms with Crippen molar-refractivity contribution >= 4 is 0 Å². The molecule has 1 aromatic carbocycles. The Morgan fingerprint density at radius 1 is 1.21 bits per heavy atom. The maximum Gasteiger partial charge on any atom is 0.140 e. The maximum atomic E-state index is 15.2. The summed E-state index contributed by atoms with van der Waals surface area (Å²) in [5.41, 5.74) is -0.609. The van der Waals surface area contributed by atoms with Gasteiger partial charge in [-0.3, -0.25) is 0 Å². The molecule has 0 bridgehead atoms. The highest BCUT2D eigenvalue weighted by Crippen LogP contribution is 2.40. The third-order valence-electron chi connectivity index (χ3n) is 3.54. The predicted octanol–water partition coefficient (Wildman–Crippen LogP) is 2.65. The number of ether oxygens (including phenoxy) is 2. The van der Waals surface area contributed by atoms with Gasteiger partial charge in [0, 0.05) is 12.7 Å². The topological polar surface area (TPSA) is 30.5 Å². The van der Waals surface area contributed by atoms with Gasteiger partial charge in [0.2, 0.25) is 0 Å². The van der Waals surface area contributed by atoms with Crippen molar-refractivity contribution in [1.82, 2.24) is 5.32 Å². The van der Waals surface area contributed by atoms with E-state index < -0.39 is 5.67 Å². The molecular formula is C15H22FNO2. The summed E-state index contributed by atoms with van der Waals surface area (Å²) in [4.78, 5) is 0. The summed E-state index contributed by atoms with van der Waals surface area (Å²) in [5, 5.41) is 3.24. The highest BCUT2D eigenvalue weighted by molar-refractivity contribution is 5.38. The zero-order chi connectivity index (χ0) is 13.6. The largest absolute Gasteiger partial charge is 0.491 e. The molecule has 1 aliphatic heterocycles. The molecule has 1 saturated heterocycles. The Labute approximate surface area is 114 Å². The highest BCUT2D eigenvalue weighted by atomic mass is 19.1. The quantitative estimate of drug-likeness (QED) is 0.832. The van der Waals surface area contributed by atoms with Crippen molar-refractivity contribution < 1.29 is 13.9 Å². The second-order valence-corrected chi connectivity index (χ2v) is 4.91. The molecule has 0 radical (unpaired) electrons. The van der Waals surface area contributed by atoms with Crippen LogP contribution in [0.25, 0.3) is 0 Å². The van der Waals surface area contributed by atoms with E-state index in [1.54, 1.807) is 7.11 Å². The average Bonchev–Trinajstić information content (AvgIpc) is 2.65. The molecule has 4 heteroatoms. The van der Waals surface area contributed by atoms with E-state index in [9.17, 15) is 0 Å². The molecule has 1 N–H and O–H groups in total. The molecule has 106 valence electrons. The summed E-state index contributed by atoms with van der Waals surface area (Å²) in [6.07, 6.45) is 1.89. The van der Waals surface area contributed by atoms with Crippen LogP contribution in [-0.2, 0) is 10.4 Å². The van der Waals surface area contributed by atoms with Gasteiger partial charge in [0.1, 0.15) is 18.0 Å². The Bertz CT molecular complexity index is 389. The van der Waals surface area contributed by atoms with E-state index in [0.29, 0.717) is 43.9 Å². The lowest BCUT2D eigenvalue weighted by Gasteiger charge is -2.26. The molecule has 1 aromatic rings. The fraction of sp³-hybridized carbons (Fsp3) is 0.600. The van der Waals surface area contributed by atoms with Gasteiger partial charge in [-0.05, 0) is 38.4 Å². The molecule has 2 rings (SSSR count). The smallest absolute Gasteiger partial charge is 0.140 e. The molecule has 0 aliphatic carbocycles. The maximum absolute atomic E-state index is 15.2. The van der Waals surface area contributed by atoms with Gasteiger partial charge in [-0.15, -0.1) is 0 Å². The summed E-state index contributed by atoms with van der Waals surface area (Å²) in [5.74, 6) is 0.643. The van der Waals surface area contributed by atoms with E-state index in [0.717, 1.165) is 13.0 Å². The van der Waals surface area contributed by atoms with Gasteiger partial charge in [-0.25, -0.2) is 4.39 Å². The normalized spacial score (nSPS) is 23.9. The van der Waals surface area contributed by atoms with Crippen LogP contribution in [0.5, 0.6) is 5.75 Å². The Hall–Kier alpha value is -1.13. The average molecular weight is 267 g/mol. The summed E-state index contributed by atoms with van der Waals surface area (Å²) in [7, 11) is 1.63. The number of alkyl halides is 1. The Morgan fingerprint density at radius 3 is 2.89 bits per heavy atom. The van der Waals surface area contributed by atoms with E-state index in [1.807, 2.05) is 24.3 Å². The number of hydrogen-bond acceptors (Lipinski definition) is 3. The van der Waals surface area contributed by atoms with E-state index in [2.05, 4.69) is 5.32 Å². The van der Waals surface area contributed by atoms with Crippen LogP contribution in [0.2, 0.25) is 0 Å². The van der Waals surface area contributed by atoms with Crippen molar-refractivity contribution in [1.29, 1.82) is 0 Å². The first-order valence-corrected chi connectivity index (χ1v) is 6.87. The third kappa shape index (κ3) is 3.67. The monoisotopic (exact) mass is 267 g/mol. The number of para-hydroxylation sites is 1. The second-order valence-electron chi connectivity index (χ2n) is 4.91. The van der Waals surface area contributed by atoms with Crippen molar-refractivity contribution in [3.63, 3.8) is 0 Å². The third-order valence-corrected chi connectivity index (χ3v) is 3.54. The number of nitrogens with one attached hydrogen (secondary N) is 1. The lowest BCUT2D eigenvalue weighted by Crippen LogP contribution is -2.23. The Balaban J connectivity index is 2.17. The molecular weight excluding hydrogens is 245 g/mol. The van der Waals surface area contributed by atoms with Crippen molar-refractivity contribution in [3.05, 3.63) is 29.8 Å². The molecule has 0 saturated carbocycles. The molecule has 1 unspecified atom stereocenters. The van der Waals surface area contributed by atoms with Gasteiger partial charge < -0.3 is 14.8 Å².